The van der Waals surface area contributed by atoms with E-state index in [0.29, 0.717) is 32.5 Å². The van der Waals surface area contributed by atoms with Gasteiger partial charge in [0.25, 0.3) is 0 Å². The molecule has 1 spiro atoms. The van der Waals surface area contributed by atoms with Crippen LogP contribution in [0.3, 0.4) is 0 Å². The first kappa shape index (κ1) is 29.8. The number of piperidine rings is 1. The third-order valence-corrected chi connectivity index (χ3v) is 11.4. The maximum Gasteiger partial charge on any atom is 0.303 e. The monoisotopic (exact) mass is 579 g/mol. The number of nitrogens with zero attached hydrogens (tertiary/aromatic N) is 1. The van der Waals surface area contributed by atoms with Crippen LogP contribution >= 0.6 is 0 Å². The average Bonchev–Trinajstić information content (AvgIpc) is 3.42. The molecule has 2 aliphatic heterocycles. The molecule has 1 N–H and O–H groups in total. The predicted octanol–water partition coefficient (Wildman–Crippen LogP) is 6.08. The summed E-state index contributed by atoms with van der Waals surface area (Å²) in [6.07, 6.45) is 7.98. The van der Waals surface area contributed by atoms with Gasteiger partial charge in [-0.25, -0.2) is 0 Å². The molecule has 1 aromatic rings. The number of fused-ring (bicyclic) bond motifs is 2. The first-order valence-corrected chi connectivity index (χ1v) is 16.4. The summed E-state index contributed by atoms with van der Waals surface area (Å²) in [5.41, 5.74) is 3.52. The summed E-state index contributed by atoms with van der Waals surface area (Å²) in [4.78, 5) is 27.9. The quantitative estimate of drug-likeness (QED) is 0.323. The van der Waals surface area contributed by atoms with E-state index in [1.807, 2.05) is 0 Å². The summed E-state index contributed by atoms with van der Waals surface area (Å²) in [5, 5.41) is 12.3. The maximum absolute atomic E-state index is 13.1. The number of hydrogen-bond donors (Lipinski definition) is 1. The van der Waals surface area contributed by atoms with Crippen molar-refractivity contribution in [2.75, 3.05) is 31.2 Å². The molecule has 2 unspecified atom stereocenters. The van der Waals surface area contributed by atoms with Crippen LogP contribution < -0.4 is 4.90 Å². The van der Waals surface area contributed by atoms with Gasteiger partial charge in [-0.15, -0.1) is 0 Å². The van der Waals surface area contributed by atoms with E-state index in [2.05, 4.69) is 43.0 Å². The van der Waals surface area contributed by atoms with Crippen molar-refractivity contribution >= 4 is 17.4 Å². The highest BCUT2D eigenvalue weighted by Crippen LogP contribution is 2.63. The van der Waals surface area contributed by atoms with E-state index in [0.717, 1.165) is 38.8 Å². The van der Waals surface area contributed by atoms with Gasteiger partial charge in [-0.3, -0.25) is 9.59 Å². The van der Waals surface area contributed by atoms with E-state index in [1.165, 1.54) is 48.6 Å². The smallest absolute Gasteiger partial charge is 0.303 e. The molecule has 2 saturated carbocycles. The molecule has 6 atom stereocenters. The number of carbonyl (C=O) groups is 2. The number of allylic oxidation sites excluding steroid dienone is 1. The van der Waals surface area contributed by atoms with Crippen LogP contribution in [0.15, 0.2) is 35.4 Å². The number of rotatable bonds is 6. The fraction of sp³-hybridized carbons (Fsp3) is 0.714. The zero-order chi connectivity index (χ0) is 29.7. The summed E-state index contributed by atoms with van der Waals surface area (Å²) in [6.45, 7) is 10.7. The number of aliphatic hydroxyl groups is 1. The highest BCUT2D eigenvalue weighted by atomic mass is 16.7. The standard InChI is InChI=1S/C35H49NO6/c1-5-29-27-13-15-34(39)22-35(40-19-20-41-35)16-14-30(34)31(27)28(21-33(29,4)32(23(2)37)42-24(3)38)25-9-11-26(12-10-25)36-17-7-6-8-18-36/h9-12,27-29,32,39H,5-8,13-22H2,1-4H3/t27?,28-,29?,32+,33+,34-/m1/s1. The minimum atomic E-state index is -0.956. The van der Waals surface area contributed by atoms with Gasteiger partial charge < -0.3 is 24.2 Å². The first-order valence-electron chi connectivity index (χ1n) is 16.4. The fourth-order valence-electron chi connectivity index (χ4n) is 9.67. The second kappa shape index (κ2) is 11.4. The minimum Gasteiger partial charge on any atom is -0.454 e. The molecule has 7 heteroatoms. The highest BCUT2D eigenvalue weighted by Gasteiger charge is 2.59. The number of anilines is 1. The van der Waals surface area contributed by atoms with Gasteiger partial charge in [0, 0.05) is 49.9 Å². The first-order chi connectivity index (χ1) is 20.1. The third kappa shape index (κ3) is 5.13. The molecular weight excluding hydrogens is 530 g/mol. The number of Topliss-reactive ketones (excluding diaryl/α,β-unsaturated/α-hetero) is 1. The Hall–Kier alpha value is -2.22. The molecular formula is C35H49NO6. The van der Waals surface area contributed by atoms with E-state index in [1.54, 1.807) is 6.92 Å². The molecule has 4 fully saturated rings. The second-order valence-electron chi connectivity index (χ2n) is 13.9. The normalized spacial score (nSPS) is 35.0. The highest BCUT2D eigenvalue weighted by molar-refractivity contribution is 5.84. The maximum atomic E-state index is 13.1. The summed E-state index contributed by atoms with van der Waals surface area (Å²) in [5.74, 6) is -0.811. The van der Waals surface area contributed by atoms with Crippen LogP contribution in [0.5, 0.6) is 0 Å². The molecule has 230 valence electrons. The van der Waals surface area contributed by atoms with E-state index in [9.17, 15) is 14.7 Å². The lowest BCUT2D eigenvalue weighted by molar-refractivity contribution is -0.208. The number of ketones is 1. The topological polar surface area (TPSA) is 85.3 Å². The molecule has 2 heterocycles. The number of ether oxygens (including phenoxy) is 3. The van der Waals surface area contributed by atoms with Crippen LogP contribution in [-0.2, 0) is 23.8 Å². The van der Waals surface area contributed by atoms with Gasteiger partial charge in [-0.05, 0) is 87.0 Å². The molecule has 1 aromatic carbocycles. The van der Waals surface area contributed by atoms with E-state index in [4.69, 9.17) is 14.2 Å². The van der Waals surface area contributed by atoms with E-state index < -0.39 is 28.9 Å². The number of esters is 1. The Morgan fingerprint density at radius 2 is 1.76 bits per heavy atom. The summed E-state index contributed by atoms with van der Waals surface area (Å²) in [7, 11) is 0. The molecule has 2 saturated heterocycles. The van der Waals surface area contributed by atoms with Crippen molar-refractivity contribution < 1.29 is 28.9 Å². The molecule has 5 aliphatic rings. The minimum absolute atomic E-state index is 0.0249. The van der Waals surface area contributed by atoms with Gasteiger partial charge in [0.15, 0.2) is 17.7 Å². The summed E-state index contributed by atoms with van der Waals surface area (Å²) >= 11 is 0. The van der Waals surface area contributed by atoms with Gasteiger partial charge in [-0.2, -0.15) is 0 Å². The average molecular weight is 580 g/mol. The Balaban J connectivity index is 1.45. The van der Waals surface area contributed by atoms with Gasteiger partial charge >= 0.3 is 5.97 Å². The molecule has 0 radical (unpaired) electrons. The molecule has 42 heavy (non-hydrogen) atoms. The van der Waals surface area contributed by atoms with Crippen LogP contribution in [0.2, 0.25) is 0 Å². The number of hydrogen-bond acceptors (Lipinski definition) is 7. The Labute approximate surface area is 251 Å². The van der Waals surface area contributed by atoms with Crippen molar-refractivity contribution in [1.29, 1.82) is 0 Å². The Morgan fingerprint density at radius 1 is 1.07 bits per heavy atom. The van der Waals surface area contributed by atoms with Gasteiger partial charge in [0.1, 0.15) is 0 Å². The lowest BCUT2D eigenvalue weighted by Gasteiger charge is -2.58. The van der Waals surface area contributed by atoms with Gasteiger partial charge in [0.2, 0.25) is 0 Å². The fourth-order valence-corrected chi connectivity index (χ4v) is 9.67. The van der Waals surface area contributed by atoms with Crippen LogP contribution in [0.1, 0.15) is 103 Å². The van der Waals surface area contributed by atoms with Crippen molar-refractivity contribution in [2.24, 2.45) is 17.3 Å². The molecule has 6 rings (SSSR count). The number of carbonyl (C=O) groups excluding carboxylic acids is 2. The summed E-state index contributed by atoms with van der Waals surface area (Å²) in [6, 6.07) is 9.04. The van der Waals surface area contributed by atoms with Crippen LogP contribution in [0.25, 0.3) is 0 Å². The van der Waals surface area contributed by atoms with Crippen molar-refractivity contribution in [3.05, 3.63) is 41.0 Å². The lowest BCUT2D eigenvalue weighted by atomic mass is 9.48. The number of benzene rings is 1. The lowest BCUT2D eigenvalue weighted by Crippen LogP contribution is -2.56. The molecule has 0 amide bonds. The molecule has 3 aliphatic carbocycles. The SMILES string of the molecule is CCC1C2CC[C@@]3(O)CC4(CCC3=C2[C@@H](c2ccc(N3CCCCC3)cc2)C[C@]1(C)[C@@H](OC(C)=O)C(C)=O)OCCO4. The molecule has 7 nitrogen and oxygen atoms in total. The zero-order valence-corrected chi connectivity index (χ0v) is 26.0. The van der Waals surface area contributed by atoms with Crippen LogP contribution in [0.4, 0.5) is 5.69 Å². The Bertz CT molecular complexity index is 1210. The largest absolute Gasteiger partial charge is 0.454 e. The van der Waals surface area contributed by atoms with Crippen molar-refractivity contribution in [3.8, 4) is 0 Å². The molecule has 0 bridgehead atoms. The van der Waals surface area contributed by atoms with Crippen LogP contribution in [-0.4, -0.2) is 60.7 Å². The van der Waals surface area contributed by atoms with Gasteiger partial charge in [0.05, 0.1) is 18.8 Å². The Morgan fingerprint density at radius 3 is 2.38 bits per heavy atom. The van der Waals surface area contributed by atoms with Crippen molar-refractivity contribution in [2.45, 2.75) is 115 Å². The predicted molar refractivity (Wildman–Crippen MR) is 161 cm³/mol. The summed E-state index contributed by atoms with van der Waals surface area (Å²) < 4.78 is 18.0. The van der Waals surface area contributed by atoms with Crippen molar-refractivity contribution in [1.82, 2.24) is 0 Å². The Kier molecular flexibility index (Phi) is 8.07. The van der Waals surface area contributed by atoms with E-state index >= 15 is 0 Å². The molecule has 0 aromatic heterocycles. The third-order valence-electron chi connectivity index (χ3n) is 11.4. The van der Waals surface area contributed by atoms with Gasteiger partial charge in [-0.1, -0.05) is 38.0 Å². The second-order valence-corrected chi connectivity index (χ2v) is 13.9. The van der Waals surface area contributed by atoms with E-state index in [-0.39, 0.29) is 23.5 Å². The zero-order valence-electron chi connectivity index (χ0n) is 26.0. The van der Waals surface area contributed by atoms with Crippen molar-refractivity contribution in [3.63, 3.8) is 0 Å². The van der Waals surface area contributed by atoms with Crippen LogP contribution in [0, 0.1) is 17.3 Å².